The van der Waals surface area contributed by atoms with E-state index >= 15 is 0 Å². The van der Waals surface area contributed by atoms with Gasteiger partial charge in [-0.05, 0) is 55.0 Å². The maximum atomic E-state index is 12.7. The fraction of sp³-hybridized carbons (Fsp3) is 0.105. The molecule has 0 radical (unpaired) electrons. The van der Waals surface area contributed by atoms with Crippen molar-refractivity contribution >= 4 is 22.4 Å². The molecule has 0 spiro atoms. The summed E-state index contributed by atoms with van der Waals surface area (Å²) in [7, 11) is 0. The highest BCUT2D eigenvalue weighted by atomic mass is 19.4. The number of hydrogen-bond donors (Lipinski definition) is 1. The molecule has 0 aliphatic heterocycles. The lowest BCUT2D eigenvalue weighted by molar-refractivity contribution is -0.137. The summed E-state index contributed by atoms with van der Waals surface area (Å²) in [5.41, 5.74) is 7.69. The van der Waals surface area contributed by atoms with Gasteiger partial charge in [-0.2, -0.15) is 13.2 Å². The summed E-state index contributed by atoms with van der Waals surface area (Å²) >= 11 is 0. The topological polar surface area (TPSA) is 48.0 Å². The number of aromatic nitrogens is 1. The monoisotopic (exact) mass is 344 g/mol. The summed E-state index contributed by atoms with van der Waals surface area (Å²) < 4.78 is 40.0. The molecule has 2 N–H and O–H groups in total. The van der Waals surface area contributed by atoms with Crippen LogP contribution in [0.2, 0.25) is 0 Å². The Morgan fingerprint density at radius 1 is 1.08 bits per heavy atom. The molecule has 3 nitrogen and oxygen atoms in total. The smallest absolute Gasteiger partial charge is 0.366 e. The minimum Gasteiger partial charge on any atom is -0.366 e. The van der Waals surface area contributed by atoms with Gasteiger partial charge in [0.15, 0.2) is 0 Å². The van der Waals surface area contributed by atoms with Gasteiger partial charge in [0, 0.05) is 22.3 Å². The van der Waals surface area contributed by atoms with Crippen LogP contribution in [0.15, 0.2) is 55.1 Å². The third kappa shape index (κ3) is 3.03. The van der Waals surface area contributed by atoms with Gasteiger partial charge >= 0.3 is 6.18 Å². The first-order chi connectivity index (χ1) is 11.7. The van der Waals surface area contributed by atoms with Crippen LogP contribution in [0, 0.1) is 6.92 Å². The third-order valence-corrected chi connectivity index (χ3v) is 4.08. The van der Waals surface area contributed by atoms with Crippen LogP contribution in [-0.2, 0) is 11.0 Å². The SMILES string of the molecule is C=C(C(N)=O)c1ccc2c(c1)cc(C)n2-c1ccc(C(F)(F)F)cc1. The Morgan fingerprint density at radius 3 is 2.28 bits per heavy atom. The zero-order valence-electron chi connectivity index (χ0n) is 13.4. The molecule has 1 amide bonds. The molecule has 25 heavy (non-hydrogen) atoms. The highest BCUT2D eigenvalue weighted by molar-refractivity contribution is 6.18. The second-order valence-corrected chi connectivity index (χ2v) is 5.78. The maximum Gasteiger partial charge on any atom is 0.416 e. The van der Waals surface area contributed by atoms with Gasteiger partial charge in [-0.15, -0.1) is 0 Å². The van der Waals surface area contributed by atoms with Crippen molar-refractivity contribution in [3.63, 3.8) is 0 Å². The lowest BCUT2D eigenvalue weighted by Crippen LogP contribution is -2.11. The fourth-order valence-electron chi connectivity index (χ4n) is 2.83. The molecular weight excluding hydrogens is 329 g/mol. The number of halogens is 3. The fourth-order valence-corrected chi connectivity index (χ4v) is 2.83. The summed E-state index contributed by atoms with van der Waals surface area (Å²) in [6.45, 7) is 5.52. The highest BCUT2D eigenvalue weighted by Crippen LogP contribution is 2.31. The molecule has 0 fully saturated rings. The summed E-state index contributed by atoms with van der Waals surface area (Å²) in [5, 5.41) is 0.845. The Morgan fingerprint density at radius 2 is 1.72 bits per heavy atom. The summed E-state index contributed by atoms with van der Waals surface area (Å²) in [6.07, 6.45) is -4.36. The van der Waals surface area contributed by atoms with E-state index < -0.39 is 17.6 Å². The Kier molecular flexibility index (Phi) is 3.91. The van der Waals surface area contributed by atoms with Crippen molar-refractivity contribution in [1.29, 1.82) is 0 Å². The van der Waals surface area contributed by atoms with Crippen LogP contribution < -0.4 is 5.73 Å². The maximum absolute atomic E-state index is 12.7. The first kappa shape index (κ1) is 16.8. The van der Waals surface area contributed by atoms with Gasteiger partial charge in [0.1, 0.15) is 0 Å². The van der Waals surface area contributed by atoms with E-state index in [2.05, 4.69) is 6.58 Å². The van der Waals surface area contributed by atoms with Gasteiger partial charge < -0.3 is 10.3 Å². The Labute approximate surface area is 142 Å². The zero-order valence-corrected chi connectivity index (χ0v) is 13.4. The number of benzene rings is 2. The van der Waals surface area contributed by atoms with Crippen molar-refractivity contribution < 1.29 is 18.0 Å². The number of hydrogen-bond acceptors (Lipinski definition) is 1. The van der Waals surface area contributed by atoms with Gasteiger partial charge in [-0.25, -0.2) is 0 Å². The number of aryl methyl sites for hydroxylation is 1. The minimum atomic E-state index is -4.36. The van der Waals surface area contributed by atoms with E-state index in [-0.39, 0.29) is 5.57 Å². The molecule has 0 aliphatic rings. The highest BCUT2D eigenvalue weighted by Gasteiger charge is 2.30. The van der Waals surface area contributed by atoms with E-state index in [1.807, 2.05) is 17.6 Å². The van der Waals surface area contributed by atoms with Crippen LogP contribution in [0.1, 0.15) is 16.8 Å². The standard InChI is InChI=1S/C19H15F3N2O/c1-11-9-14-10-13(12(2)18(23)25)3-8-17(14)24(11)16-6-4-15(5-7-16)19(20,21)22/h3-10H,2H2,1H3,(H2,23,25). The van der Waals surface area contributed by atoms with Crippen molar-refractivity contribution in [1.82, 2.24) is 4.57 Å². The number of nitrogens with two attached hydrogens (primary N) is 1. The number of nitrogens with zero attached hydrogens (tertiary/aromatic N) is 1. The van der Waals surface area contributed by atoms with Gasteiger partial charge in [0.05, 0.1) is 11.1 Å². The average Bonchev–Trinajstić information content (AvgIpc) is 2.88. The molecule has 2 aromatic carbocycles. The summed E-state index contributed by atoms with van der Waals surface area (Å²) in [4.78, 5) is 11.3. The number of carbonyl (C=O) groups excluding carboxylic acids is 1. The molecule has 0 saturated carbocycles. The number of rotatable bonds is 3. The minimum absolute atomic E-state index is 0.210. The van der Waals surface area contributed by atoms with E-state index in [1.54, 1.807) is 18.2 Å². The van der Waals surface area contributed by atoms with E-state index in [0.29, 0.717) is 11.3 Å². The molecule has 128 valence electrons. The van der Waals surface area contributed by atoms with Gasteiger partial charge in [0.25, 0.3) is 0 Å². The number of amides is 1. The summed E-state index contributed by atoms with van der Waals surface area (Å²) in [5.74, 6) is -0.599. The van der Waals surface area contributed by atoms with E-state index in [1.165, 1.54) is 12.1 Å². The molecule has 0 aliphatic carbocycles. The van der Waals surface area contributed by atoms with Crippen LogP contribution in [0.3, 0.4) is 0 Å². The normalized spacial score (nSPS) is 11.7. The number of fused-ring (bicyclic) bond motifs is 1. The molecule has 0 bridgehead atoms. The van der Waals surface area contributed by atoms with Crippen molar-refractivity contribution in [2.75, 3.05) is 0 Å². The Balaban J connectivity index is 2.09. The largest absolute Gasteiger partial charge is 0.416 e. The Hall–Kier alpha value is -3.02. The van der Waals surface area contributed by atoms with Gasteiger partial charge in [0.2, 0.25) is 5.91 Å². The lowest BCUT2D eigenvalue weighted by Gasteiger charge is -2.11. The van der Waals surface area contributed by atoms with Crippen molar-refractivity contribution in [3.8, 4) is 5.69 Å². The van der Waals surface area contributed by atoms with Crippen LogP contribution in [0.25, 0.3) is 22.2 Å². The van der Waals surface area contributed by atoms with Crippen molar-refractivity contribution in [2.45, 2.75) is 13.1 Å². The van der Waals surface area contributed by atoms with Crippen LogP contribution >= 0.6 is 0 Å². The molecule has 1 aromatic heterocycles. The quantitative estimate of drug-likeness (QED) is 0.701. The van der Waals surface area contributed by atoms with Crippen LogP contribution in [-0.4, -0.2) is 10.5 Å². The second kappa shape index (κ2) is 5.81. The van der Waals surface area contributed by atoms with Crippen LogP contribution in [0.4, 0.5) is 13.2 Å². The molecule has 6 heteroatoms. The van der Waals surface area contributed by atoms with Crippen molar-refractivity contribution in [3.05, 3.63) is 71.9 Å². The van der Waals surface area contributed by atoms with E-state index in [0.717, 1.165) is 28.7 Å². The van der Waals surface area contributed by atoms with E-state index in [9.17, 15) is 18.0 Å². The van der Waals surface area contributed by atoms with Crippen molar-refractivity contribution in [2.24, 2.45) is 5.73 Å². The Bertz CT molecular complexity index is 982. The average molecular weight is 344 g/mol. The van der Waals surface area contributed by atoms with Crippen LogP contribution in [0.5, 0.6) is 0 Å². The van der Waals surface area contributed by atoms with E-state index in [4.69, 9.17) is 5.73 Å². The lowest BCUT2D eigenvalue weighted by atomic mass is 10.1. The summed E-state index contributed by atoms with van der Waals surface area (Å²) in [6, 6.07) is 12.2. The first-order valence-corrected chi connectivity index (χ1v) is 7.47. The predicted molar refractivity (Wildman–Crippen MR) is 91.2 cm³/mol. The second-order valence-electron chi connectivity index (χ2n) is 5.78. The molecular formula is C19H15F3N2O. The predicted octanol–water partition coefficient (Wildman–Crippen LogP) is 4.46. The number of carbonyl (C=O) groups is 1. The molecule has 1 heterocycles. The number of alkyl halides is 3. The first-order valence-electron chi connectivity index (χ1n) is 7.47. The molecule has 0 unspecified atom stereocenters. The molecule has 3 aromatic rings. The zero-order chi connectivity index (χ0) is 18.4. The number of primary amides is 1. The van der Waals surface area contributed by atoms with Gasteiger partial charge in [-0.3, -0.25) is 4.79 Å². The molecule has 3 rings (SSSR count). The molecule has 0 atom stereocenters. The third-order valence-electron chi connectivity index (χ3n) is 4.08. The molecule has 0 saturated heterocycles. The van der Waals surface area contributed by atoms with Gasteiger partial charge in [-0.1, -0.05) is 12.6 Å².